The van der Waals surface area contributed by atoms with Crippen molar-refractivity contribution in [3.8, 4) is 0 Å². The van der Waals surface area contributed by atoms with Crippen molar-refractivity contribution in [1.29, 1.82) is 0 Å². The third-order valence-corrected chi connectivity index (χ3v) is 4.92. The smallest absolute Gasteiger partial charge is 0.248 e. The molecule has 0 aromatic carbocycles. The van der Waals surface area contributed by atoms with Crippen molar-refractivity contribution in [1.82, 2.24) is 5.32 Å². The summed E-state index contributed by atoms with van der Waals surface area (Å²) in [7, 11) is 1.56. The van der Waals surface area contributed by atoms with Gasteiger partial charge in [-0.1, -0.05) is 19.3 Å². The predicted molar refractivity (Wildman–Crippen MR) is 68.8 cm³/mol. The molecule has 1 amide bonds. The first-order chi connectivity index (χ1) is 7.63. The summed E-state index contributed by atoms with van der Waals surface area (Å²) in [6.45, 7) is 2.56. The number of carbonyl (C=O) groups is 1. The van der Waals surface area contributed by atoms with Crippen LogP contribution in [0.2, 0.25) is 0 Å². The molecular weight excluding hydrogens is 222 g/mol. The van der Waals surface area contributed by atoms with Crippen LogP contribution in [0.3, 0.4) is 0 Å². The molecule has 0 aromatic rings. The van der Waals surface area contributed by atoms with Crippen LogP contribution in [0.5, 0.6) is 0 Å². The Morgan fingerprint density at radius 3 is 2.56 bits per heavy atom. The van der Waals surface area contributed by atoms with Gasteiger partial charge in [0.2, 0.25) is 5.91 Å². The quantitative estimate of drug-likeness (QED) is 0.807. The van der Waals surface area contributed by atoms with Gasteiger partial charge in [0, 0.05) is 18.4 Å². The highest BCUT2D eigenvalue weighted by Gasteiger charge is 2.31. The molecule has 1 saturated carbocycles. The average Bonchev–Trinajstić information content (AvgIpc) is 2.36. The number of hydrogen-bond donors (Lipinski definition) is 1. The second kappa shape index (κ2) is 6.50. The topological polar surface area (TPSA) is 38.3 Å². The van der Waals surface area contributed by atoms with Gasteiger partial charge in [-0.3, -0.25) is 4.79 Å². The van der Waals surface area contributed by atoms with Gasteiger partial charge < -0.3 is 10.1 Å². The summed E-state index contributed by atoms with van der Waals surface area (Å²) in [6, 6.07) is 0. The fourth-order valence-electron chi connectivity index (χ4n) is 2.15. The highest BCUT2D eigenvalue weighted by atomic mass is 32.2. The van der Waals surface area contributed by atoms with E-state index in [0.29, 0.717) is 0 Å². The van der Waals surface area contributed by atoms with Crippen LogP contribution < -0.4 is 5.32 Å². The Hall–Kier alpha value is -0.220. The lowest BCUT2D eigenvalue weighted by Gasteiger charge is -2.36. The lowest BCUT2D eigenvalue weighted by atomic mass is 9.88. The van der Waals surface area contributed by atoms with E-state index in [1.165, 1.54) is 32.1 Å². The second-order valence-electron chi connectivity index (χ2n) is 4.54. The molecule has 0 saturated heterocycles. The van der Waals surface area contributed by atoms with E-state index in [2.05, 4.69) is 11.6 Å². The van der Waals surface area contributed by atoms with Crippen LogP contribution in [0.4, 0.5) is 0 Å². The zero-order valence-electron chi connectivity index (χ0n) is 10.5. The van der Waals surface area contributed by atoms with Crippen LogP contribution in [0.1, 0.15) is 39.0 Å². The van der Waals surface area contributed by atoms with E-state index in [9.17, 15) is 4.79 Å². The minimum Gasteiger partial charge on any atom is -0.372 e. The lowest BCUT2D eigenvalue weighted by Crippen LogP contribution is -2.44. The fourth-order valence-corrected chi connectivity index (χ4v) is 3.06. The molecule has 0 aliphatic heterocycles. The minimum atomic E-state index is -0.345. The van der Waals surface area contributed by atoms with E-state index in [4.69, 9.17) is 4.74 Å². The normalized spacial score (nSPS) is 21.4. The maximum atomic E-state index is 11.6. The average molecular weight is 245 g/mol. The van der Waals surface area contributed by atoms with E-state index >= 15 is 0 Å². The first-order valence-electron chi connectivity index (χ1n) is 5.99. The van der Waals surface area contributed by atoms with E-state index in [0.717, 1.165) is 6.54 Å². The van der Waals surface area contributed by atoms with Crippen molar-refractivity contribution >= 4 is 17.7 Å². The molecule has 0 radical (unpaired) electrons. The van der Waals surface area contributed by atoms with Crippen LogP contribution in [0, 0.1) is 0 Å². The summed E-state index contributed by atoms with van der Waals surface area (Å²) in [5.41, 5.74) is 0. The van der Waals surface area contributed by atoms with Gasteiger partial charge in [-0.25, -0.2) is 0 Å². The first kappa shape index (κ1) is 13.8. The van der Waals surface area contributed by atoms with Gasteiger partial charge in [0.1, 0.15) is 6.10 Å². The molecular formula is C12H23NO2S. The minimum absolute atomic E-state index is 0.00139. The van der Waals surface area contributed by atoms with E-state index in [1.807, 2.05) is 11.8 Å². The number of carbonyl (C=O) groups excluding carboxylic acids is 1. The maximum absolute atomic E-state index is 11.6. The van der Waals surface area contributed by atoms with Crippen molar-refractivity contribution < 1.29 is 9.53 Å². The van der Waals surface area contributed by atoms with E-state index in [-0.39, 0.29) is 16.8 Å². The number of rotatable bonds is 5. The van der Waals surface area contributed by atoms with Crippen LogP contribution in [0.15, 0.2) is 0 Å². The Bertz CT molecular complexity index is 227. The molecule has 94 valence electrons. The van der Waals surface area contributed by atoms with E-state index in [1.54, 1.807) is 14.0 Å². The zero-order chi connectivity index (χ0) is 12.0. The Balaban J connectivity index is 2.41. The lowest BCUT2D eigenvalue weighted by molar-refractivity contribution is -0.130. The van der Waals surface area contributed by atoms with Crippen LogP contribution in [-0.4, -0.2) is 36.7 Å². The number of hydrogen-bond acceptors (Lipinski definition) is 3. The molecule has 0 bridgehead atoms. The Morgan fingerprint density at radius 1 is 1.44 bits per heavy atom. The zero-order valence-corrected chi connectivity index (χ0v) is 11.4. The van der Waals surface area contributed by atoms with Gasteiger partial charge in [0.05, 0.1) is 0 Å². The second-order valence-corrected chi connectivity index (χ2v) is 5.82. The van der Waals surface area contributed by atoms with Gasteiger partial charge >= 0.3 is 0 Å². The standard InChI is InChI=1S/C12H23NO2S/c1-10(15-2)11(14)13-9-12(16-3)7-5-4-6-8-12/h10H,4-9H2,1-3H3,(H,13,14). The molecule has 1 unspecified atom stereocenters. The Morgan fingerprint density at radius 2 is 2.06 bits per heavy atom. The molecule has 4 heteroatoms. The van der Waals surface area contributed by atoms with Gasteiger partial charge in [0.15, 0.2) is 0 Å². The summed E-state index contributed by atoms with van der Waals surface area (Å²) in [4.78, 5) is 11.6. The highest BCUT2D eigenvalue weighted by Crippen LogP contribution is 2.37. The molecule has 0 aromatic heterocycles. The van der Waals surface area contributed by atoms with Gasteiger partial charge in [-0.05, 0) is 26.0 Å². The Labute approximate surface area is 103 Å². The van der Waals surface area contributed by atoms with Crippen molar-refractivity contribution in [3.63, 3.8) is 0 Å². The molecule has 1 aliphatic carbocycles. The summed E-state index contributed by atoms with van der Waals surface area (Å²) in [5.74, 6) is 0.00139. The number of thioether (sulfide) groups is 1. The van der Waals surface area contributed by atoms with Crippen molar-refractivity contribution in [2.24, 2.45) is 0 Å². The maximum Gasteiger partial charge on any atom is 0.248 e. The molecule has 1 atom stereocenters. The summed E-state index contributed by atoms with van der Waals surface area (Å²) < 4.78 is 5.26. The molecule has 0 spiro atoms. The van der Waals surface area contributed by atoms with E-state index < -0.39 is 0 Å². The van der Waals surface area contributed by atoms with Gasteiger partial charge in [-0.15, -0.1) is 0 Å². The number of amides is 1. The monoisotopic (exact) mass is 245 g/mol. The molecule has 1 aliphatic rings. The largest absolute Gasteiger partial charge is 0.372 e. The Kier molecular flexibility index (Phi) is 5.62. The SMILES string of the molecule is COC(C)C(=O)NCC1(SC)CCCCC1. The number of ether oxygens (including phenoxy) is 1. The third-order valence-electron chi connectivity index (χ3n) is 3.51. The molecule has 16 heavy (non-hydrogen) atoms. The summed E-state index contributed by atoms with van der Waals surface area (Å²) >= 11 is 1.90. The number of methoxy groups -OCH3 is 1. The molecule has 3 nitrogen and oxygen atoms in total. The summed E-state index contributed by atoms with van der Waals surface area (Å²) in [5, 5.41) is 3.01. The predicted octanol–water partition coefficient (Wildman–Crippen LogP) is 2.20. The number of nitrogens with one attached hydrogen (secondary N) is 1. The fraction of sp³-hybridized carbons (Fsp3) is 0.917. The van der Waals surface area contributed by atoms with Crippen LogP contribution in [0.25, 0.3) is 0 Å². The van der Waals surface area contributed by atoms with Crippen molar-refractivity contribution in [2.75, 3.05) is 19.9 Å². The highest BCUT2D eigenvalue weighted by molar-refractivity contribution is 8.00. The van der Waals surface area contributed by atoms with Crippen LogP contribution in [-0.2, 0) is 9.53 Å². The first-order valence-corrected chi connectivity index (χ1v) is 7.22. The molecule has 1 fully saturated rings. The van der Waals surface area contributed by atoms with Gasteiger partial charge in [0.25, 0.3) is 0 Å². The van der Waals surface area contributed by atoms with Crippen LogP contribution >= 0.6 is 11.8 Å². The summed E-state index contributed by atoms with van der Waals surface area (Å²) in [6.07, 6.45) is 8.16. The van der Waals surface area contributed by atoms with Gasteiger partial charge in [-0.2, -0.15) is 11.8 Å². The van der Waals surface area contributed by atoms with Crippen molar-refractivity contribution in [3.05, 3.63) is 0 Å². The third kappa shape index (κ3) is 3.67. The molecule has 1 rings (SSSR count). The molecule has 1 N–H and O–H groups in total. The van der Waals surface area contributed by atoms with Crippen molar-refractivity contribution in [2.45, 2.75) is 49.9 Å². The molecule has 0 heterocycles.